The number of halogens is 1. The van der Waals surface area contributed by atoms with Crippen molar-refractivity contribution < 1.29 is 8.42 Å². The van der Waals surface area contributed by atoms with Gasteiger partial charge in [-0.3, -0.25) is 0 Å². The second-order valence-corrected chi connectivity index (χ2v) is 8.67. The normalized spacial score (nSPS) is 20.9. The number of hydrogen-bond donors (Lipinski definition) is 0. The summed E-state index contributed by atoms with van der Waals surface area (Å²) < 4.78 is 28.6. The van der Waals surface area contributed by atoms with Crippen LogP contribution in [0.25, 0.3) is 0 Å². The minimum Gasteiger partial charge on any atom is -0.207 e. The number of hydrogen-bond acceptors (Lipinski definition) is 2. The molecule has 2 aromatic carbocycles. The van der Waals surface area contributed by atoms with Gasteiger partial charge in [0, 0.05) is 11.0 Å². The van der Waals surface area contributed by atoms with Gasteiger partial charge in [-0.15, -0.1) is 0 Å². The van der Waals surface area contributed by atoms with E-state index in [9.17, 15) is 8.42 Å². The van der Waals surface area contributed by atoms with Crippen LogP contribution in [0.15, 0.2) is 51.8 Å². The van der Waals surface area contributed by atoms with Crippen molar-refractivity contribution in [3.05, 3.63) is 63.6 Å². The molecule has 3 nitrogen and oxygen atoms in total. The highest BCUT2D eigenvalue weighted by atomic mass is 79.9. The summed E-state index contributed by atoms with van der Waals surface area (Å²) in [5.41, 5.74) is 3.90. The van der Waals surface area contributed by atoms with Gasteiger partial charge in [-0.05, 0) is 60.2 Å². The first-order valence-electron chi connectivity index (χ1n) is 7.45. The monoisotopic (exact) mass is 377 g/mol. The summed E-state index contributed by atoms with van der Waals surface area (Å²) in [7, 11) is -3.44. The fourth-order valence-electron chi connectivity index (χ4n) is 3.67. The summed E-state index contributed by atoms with van der Waals surface area (Å²) in [5.74, 6) is 0. The predicted molar refractivity (Wildman–Crippen MR) is 89.2 cm³/mol. The minimum absolute atomic E-state index is 0.00796. The third-order valence-electron chi connectivity index (χ3n) is 4.68. The zero-order valence-electron chi connectivity index (χ0n) is 12.0. The zero-order valence-corrected chi connectivity index (χ0v) is 14.4. The molecule has 1 heterocycles. The molecule has 0 fully saturated rings. The minimum atomic E-state index is -3.44. The van der Waals surface area contributed by atoms with E-state index in [1.165, 1.54) is 16.7 Å². The van der Waals surface area contributed by atoms with Crippen molar-refractivity contribution in [2.45, 2.75) is 30.2 Å². The van der Waals surface area contributed by atoms with Gasteiger partial charge in [0.25, 0.3) is 0 Å². The highest BCUT2D eigenvalue weighted by Gasteiger charge is 2.39. The van der Waals surface area contributed by atoms with Crippen LogP contribution in [-0.4, -0.2) is 19.3 Å². The average molecular weight is 378 g/mol. The summed E-state index contributed by atoms with van der Waals surface area (Å²) in [5, 5.41) is 0. The van der Waals surface area contributed by atoms with Crippen molar-refractivity contribution in [2.24, 2.45) is 0 Å². The SMILES string of the molecule is O=S(=O)(c1ccc(Br)cc1)N1CCc2cccc3c2C1CC3. The lowest BCUT2D eigenvalue weighted by molar-refractivity contribution is 0.308. The fourth-order valence-corrected chi connectivity index (χ4v) is 5.56. The van der Waals surface area contributed by atoms with Gasteiger partial charge in [-0.25, -0.2) is 8.42 Å². The molecule has 0 spiro atoms. The van der Waals surface area contributed by atoms with E-state index in [0.29, 0.717) is 11.4 Å². The Balaban J connectivity index is 1.77. The van der Waals surface area contributed by atoms with Gasteiger partial charge in [0.05, 0.1) is 10.9 Å². The maximum atomic E-state index is 13.0. The summed E-state index contributed by atoms with van der Waals surface area (Å²) in [6.07, 6.45) is 2.66. The number of nitrogens with zero attached hydrogens (tertiary/aromatic N) is 1. The van der Waals surface area contributed by atoms with Gasteiger partial charge in [0.2, 0.25) is 10.0 Å². The van der Waals surface area contributed by atoms with E-state index in [4.69, 9.17) is 0 Å². The molecule has 4 rings (SSSR count). The van der Waals surface area contributed by atoms with Crippen molar-refractivity contribution in [3.8, 4) is 0 Å². The molecule has 1 aliphatic heterocycles. The molecule has 1 atom stereocenters. The van der Waals surface area contributed by atoms with Crippen molar-refractivity contribution in [2.75, 3.05) is 6.54 Å². The topological polar surface area (TPSA) is 37.4 Å². The van der Waals surface area contributed by atoms with Crippen LogP contribution in [0.1, 0.15) is 29.2 Å². The van der Waals surface area contributed by atoms with Crippen molar-refractivity contribution in [1.82, 2.24) is 4.31 Å². The van der Waals surface area contributed by atoms with Crippen LogP contribution >= 0.6 is 15.9 Å². The first-order chi connectivity index (χ1) is 10.6. The molecule has 0 aromatic heterocycles. The standard InChI is InChI=1S/C17H16BrNO2S/c18-14-5-7-15(8-6-14)22(20,21)19-11-10-13-3-1-2-12-4-9-16(19)17(12)13/h1-3,5-8,16H,4,9-11H2. The predicted octanol–water partition coefficient (Wildman–Crippen LogP) is 3.68. The number of sulfonamides is 1. The van der Waals surface area contributed by atoms with E-state index >= 15 is 0 Å². The molecule has 114 valence electrons. The molecule has 22 heavy (non-hydrogen) atoms. The first-order valence-corrected chi connectivity index (χ1v) is 9.69. The maximum absolute atomic E-state index is 13.0. The highest BCUT2D eigenvalue weighted by molar-refractivity contribution is 9.10. The van der Waals surface area contributed by atoms with Crippen LogP contribution in [0, 0.1) is 0 Å². The second kappa shape index (κ2) is 5.18. The lowest BCUT2D eigenvalue weighted by Crippen LogP contribution is -2.39. The van der Waals surface area contributed by atoms with E-state index in [0.717, 1.165) is 23.7 Å². The molecular formula is C17H16BrNO2S. The summed E-state index contributed by atoms with van der Waals surface area (Å²) in [4.78, 5) is 0.378. The van der Waals surface area contributed by atoms with E-state index in [1.807, 2.05) is 0 Å². The third kappa shape index (κ3) is 2.14. The molecule has 0 saturated carbocycles. The molecule has 0 radical (unpaired) electrons. The van der Waals surface area contributed by atoms with Crippen LogP contribution in [-0.2, 0) is 22.9 Å². The molecular weight excluding hydrogens is 362 g/mol. The summed E-state index contributed by atoms with van der Waals surface area (Å²) >= 11 is 3.36. The average Bonchev–Trinajstić information content (AvgIpc) is 2.94. The van der Waals surface area contributed by atoms with Crippen LogP contribution in [0.2, 0.25) is 0 Å². The van der Waals surface area contributed by atoms with Crippen molar-refractivity contribution in [1.29, 1.82) is 0 Å². The number of aryl methyl sites for hydroxylation is 1. The molecule has 0 bridgehead atoms. The van der Waals surface area contributed by atoms with Gasteiger partial charge in [-0.2, -0.15) is 4.31 Å². The lowest BCUT2D eigenvalue weighted by atomic mass is 9.95. The molecule has 1 aliphatic carbocycles. The zero-order chi connectivity index (χ0) is 15.3. The largest absolute Gasteiger partial charge is 0.243 e. The van der Waals surface area contributed by atoms with Crippen molar-refractivity contribution >= 4 is 26.0 Å². The van der Waals surface area contributed by atoms with E-state index < -0.39 is 10.0 Å². The van der Waals surface area contributed by atoms with E-state index in [2.05, 4.69) is 34.1 Å². The van der Waals surface area contributed by atoms with Crippen LogP contribution in [0.4, 0.5) is 0 Å². The Morgan fingerprint density at radius 3 is 2.41 bits per heavy atom. The highest BCUT2D eigenvalue weighted by Crippen LogP contribution is 2.43. The third-order valence-corrected chi connectivity index (χ3v) is 7.13. The molecule has 0 N–H and O–H groups in total. The number of benzene rings is 2. The van der Waals surface area contributed by atoms with Crippen molar-refractivity contribution in [3.63, 3.8) is 0 Å². The second-order valence-electron chi connectivity index (χ2n) is 5.86. The molecule has 5 heteroatoms. The molecule has 0 saturated heterocycles. The Kier molecular flexibility index (Phi) is 3.40. The Bertz CT molecular complexity index is 830. The summed E-state index contributed by atoms with van der Waals surface area (Å²) in [6.45, 7) is 0.569. The Labute approximate surface area is 139 Å². The molecule has 1 unspecified atom stereocenters. The van der Waals surface area contributed by atoms with E-state index in [-0.39, 0.29) is 6.04 Å². The molecule has 0 amide bonds. The van der Waals surface area contributed by atoms with Gasteiger partial charge >= 0.3 is 0 Å². The lowest BCUT2D eigenvalue weighted by Gasteiger charge is -2.34. The van der Waals surface area contributed by atoms with Gasteiger partial charge in [0.15, 0.2) is 0 Å². The van der Waals surface area contributed by atoms with E-state index in [1.54, 1.807) is 28.6 Å². The smallest absolute Gasteiger partial charge is 0.207 e. The molecule has 2 aliphatic rings. The van der Waals surface area contributed by atoms with Crippen LogP contribution < -0.4 is 0 Å². The van der Waals surface area contributed by atoms with Crippen LogP contribution in [0.3, 0.4) is 0 Å². The number of rotatable bonds is 2. The fraction of sp³-hybridized carbons (Fsp3) is 0.294. The Morgan fingerprint density at radius 1 is 1.00 bits per heavy atom. The Morgan fingerprint density at radius 2 is 1.68 bits per heavy atom. The van der Waals surface area contributed by atoms with Gasteiger partial charge < -0.3 is 0 Å². The summed E-state index contributed by atoms with van der Waals surface area (Å²) in [6, 6.07) is 13.3. The quantitative estimate of drug-likeness (QED) is 0.800. The van der Waals surface area contributed by atoms with Gasteiger partial charge in [-0.1, -0.05) is 34.1 Å². The maximum Gasteiger partial charge on any atom is 0.243 e. The van der Waals surface area contributed by atoms with Gasteiger partial charge in [0.1, 0.15) is 0 Å². The molecule has 2 aromatic rings. The first kappa shape index (κ1) is 14.4. The van der Waals surface area contributed by atoms with Crippen LogP contribution in [0.5, 0.6) is 0 Å². The Hall–Kier alpha value is -1.17.